The van der Waals surface area contributed by atoms with E-state index >= 15 is 0 Å². The molecular formula is C18H22N4O2S. The van der Waals surface area contributed by atoms with Gasteiger partial charge in [0, 0.05) is 43.7 Å². The number of nitrogens with zero attached hydrogens (tertiary/aromatic N) is 4. The van der Waals surface area contributed by atoms with Crippen molar-refractivity contribution in [2.75, 3.05) is 13.1 Å². The number of amides is 1. The number of carbonyl (C=O) groups excluding carboxylic acids is 1. The lowest BCUT2D eigenvalue weighted by Crippen LogP contribution is -2.40. The summed E-state index contributed by atoms with van der Waals surface area (Å²) in [6.07, 6.45) is 3.88. The topological polar surface area (TPSA) is 68.1 Å². The fourth-order valence-corrected chi connectivity index (χ4v) is 4.92. The fourth-order valence-electron chi connectivity index (χ4n) is 4.03. The van der Waals surface area contributed by atoms with E-state index in [1.807, 2.05) is 18.7 Å². The summed E-state index contributed by atoms with van der Waals surface area (Å²) in [5.74, 6) is 1.19. The Morgan fingerprint density at radius 3 is 2.84 bits per heavy atom. The van der Waals surface area contributed by atoms with Crippen LogP contribution < -0.4 is 5.56 Å². The Balaban J connectivity index is 1.61. The predicted octanol–water partition coefficient (Wildman–Crippen LogP) is 2.28. The molecule has 0 spiro atoms. The zero-order valence-electron chi connectivity index (χ0n) is 14.6. The minimum Gasteiger partial charge on any atom is -0.337 e. The molecule has 2 aromatic heterocycles. The molecule has 0 bridgehead atoms. The first-order valence-electron chi connectivity index (χ1n) is 8.87. The first kappa shape index (κ1) is 16.4. The van der Waals surface area contributed by atoms with Crippen LogP contribution >= 0.6 is 11.3 Å². The minimum absolute atomic E-state index is 0.0749. The Kier molecular flexibility index (Phi) is 4.19. The quantitative estimate of drug-likeness (QED) is 0.826. The van der Waals surface area contributed by atoms with E-state index in [9.17, 15) is 9.59 Å². The number of aryl methyl sites for hydroxylation is 3. The third kappa shape index (κ3) is 3.01. The lowest BCUT2D eigenvalue weighted by atomic mass is 9.94. The largest absolute Gasteiger partial charge is 0.337 e. The van der Waals surface area contributed by atoms with Crippen LogP contribution in [0.3, 0.4) is 0 Å². The molecule has 1 atom stereocenters. The molecule has 2 aliphatic rings. The average Bonchev–Trinajstić information content (AvgIpc) is 3.19. The van der Waals surface area contributed by atoms with Crippen LogP contribution in [0, 0.1) is 13.8 Å². The molecule has 4 rings (SSSR count). The van der Waals surface area contributed by atoms with E-state index in [1.54, 1.807) is 6.07 Å². The summed E-state index contributed by atoms with van der Waals surface area (Å²) >= 11 is 1.47. The maximum absolute atomic E-state index is 12.9. The van der Waals surface area contributed by atoms with Gasteiger partial charge in [0.1, 0.15) is 10.7 Å². The monoisotopic (exact) mass is 358 g/mol. The van der Waals surface area contributed by atoms with Gasteiger partial charge >= 0.3 is 0 Å². The molecule has 0 N–H and O–H groups in total. The van der Waals surface area contributed by atoms with Crippen molar-refractivity contribution in [3.8, 4) is 0 Å². The Bertz CT molecular complexity index is 886. The van der Waals surface area contributed by atoms with Gasteiger partial charge in [0.05, 0.1) is 10.7 Å². The second kappa shape index (κ2) is 6.37. The van der Waals surface area contributed by atoms with Crippen LogP contribution in [0.4, 0.5) is 0 Å². The zero-order chi connectivity index (χ0) is 17.6. The number of carbonyl (C=O) groups is 1. The van der Waals surface area contributed by atoms with Crippen LogP contribution in [0.5, 0.6) is 0 Å². The van der Waals surface area contributed by atoms with Crippen LogP contribution in [0.2, 0.25) is 0 Å². The molecule has 25 heavy (non-hydrogen) atoms. The summed E-state index contributed by atoms with van der Waals surface area (Å²) in [6.45, 7) is 6.19. The molecular weight excluding hydrogens is 336 g/mol. The standard InChI is InChI=1S/C18H22N4O2S/c1-11-17(25-12(2)19-11)18(24)21-7-3-5-13(10-21)14-9-16(23)20-15-6-4-8-22(14)15/h9,13H,3-8,10H2,1-2H3/t13-/m0/s1. The molecule has 0 unspecified atom stereocenters. The Hall–Kier alpha value is -2.02. The number of thiazole rings is 1. The highest BCUT2D eigenvalue weighted by Crippen LogP contribution is 2.30. The number of likely N-dealkylation sites (tertiary alicyclic amines) is 1. The van der Waals surface area contributed by atoms with Crippen molar-refractivity contribution in [2.24, 2.45) is 0 Å². The molecule has 1 saturated heterocycles. The van der Waals surface area contributed by atoms with Crippen molar-refractivity contribution in [1.29, 1.82) is 0 Å². The molecule has 0 radical (unpaired) electrons. The SMILES string of the molecule is Cc1nc(C)c(C(=O)N2CCC[C@H](c3cc(=O)nc4n3CCC4)C2)s1. The van der Waals surface area contributed by atoms with E-state index in [2.05, 4.69) is 14.5 Å². The predicted molar refractivity (Wildman–Crippen MR) is 96.3 cm³/mol. The van der Waals surface area contributed by atoms with E-state index in [0.29, 0.717) is 6.54 Å². The zero-order valence-corrected chi connectivity index (χ0v) is 15.4. The molecule has 7 heteroatoms. The van der Waals surface area contributed by atoms with Crippen molar-refractivity contribution in [1.82, 2.24) is 19.4 Å². The van der Waals surface area contributed by atoms with Gasteiger partial charge in [-0.15, -0.1) is 11.3 Å². The van der Waals surface area contributed by atoms with Gasteiger partial charge in [0.2, 0.25) is 0 Å². The molecule has 0 aromatic carbocycles. The first-order valence-corrected chi connectivity index (χ1v) is 9.68. The second-order valence-electron chi connectivity index (χ2n) is 6.93. The molecule has 1 amide bonds. The Morgan fingerprint density at radius 2 is 2.08 bits per heavy atom. The van der Waals surface area contributed by atoms with Crippen LogP contribution in [-0.4, -0.2) is 38.4 Å². The normalized spacial score (nSPS) is 19.9. The van der Waals surface area contributed by atoms with Crippen molar-refractivity contribution in [3.63, 3.8) is 0 Å². The Morgan fingerprint density at radius 1 is 1.24 bits per heavy atom. The number of fused-ring (bicyclic) bond motifs is 1. The van der Waals surface area contributed by atoms with Gasteiger partial charge < -0.3 is 9.47 Å². The van der Waals surface area contributed by atoms with Crippen LogP contribution in [0.15, 0.2) is 10.9 Å². The van der Waals surface area contributed by atoms with Crippen molar-refractivity contribution in [2.45, 2.75) is 52.0 Å². The van der Waals surface area contributed by atoms with E-state index in [4.69, 9.17) is 0 Å². The van der Waals surface area contributed by atoms with Gasteiger partial charge in [0.25, 0.3) is 11.5 Å². The highest BCUT2D eigenvalue weighted by molar-refractivity contribution is 7.13. The smallest absolute Gasteiger partial charge is 0.273 e. The second-order valence-corrected chi connectivity index (χ2v) is 8.13. The number of hydrogen-bond donors (Lipinski definition) is 0. The summed E-state index contributed by atoms with van der Waals surface area (Å²) in [5.41, 5.74) is 1.72. The Labute approximate surface area is 150 Å². The van der Waals surface area contributed by atoms with Gasteiger partial charge in [-0.05, 0) is 33.1 Å². The third-order valence-corrected chi connectivity index (χ3v) is 6.20. The van der Waals surface area contributed by atoms with E-state index < -0.39 is 0 Å². The van der Waals surface area contributed by atoms with E-state index in [0.717, 1.165) is 65.9 Å². The number of aromatic nitrogens is 3. The summed E-state index contributed by atoms with van der Waals surface area (Å²) in [6, 6.07) is 1.68. The molecule has 2 aromatic rings. The highest BCUT2D eigenvalue weighted by atomic mass is 32.1. The van der Waals surface area contributed by atoms with Crippen LogP contribution in [-0.2, 0) is 13.0 Å². The maximum Gasteiger partial charge on any atom is 0.273 e. The molecule has 132 valence electrons. The summed E-state index contributed by atoms with van der Waals surface area (Å²) in [4.78, 5) is 36.1. The summed E-state index contributed by atoms with van der Waals surface area (Å²) in [7, 11) is 0. The molecule has 1 fully saturated rings. The lowest BCUT2D eigenvalue weighted by molar-refractivity contribution is 0.0708. The van der Waals surface area contributed by atoms with Gasteiger partial charge in [-0.2, -0.15) is 4.98 Å². The summed E-state index contributed by atoms with van der Waals surface area (Å²) < 4.78 is 2.20. The lowest BCUT2D eigenvalue weighted by Gasteiger charge is -2.33. The van der Waals surface area contributed by atoms with Crippen molar-refractivity contribution >= 4 is 17.2 Å². The van der Waals surface area contributed by atoms with Gasteiger partial charge in [-0.3, -0.25) is 9.59 Å². The van der Waals surface area contributed by atoms with Gasteiger partial charge in [0.15, 0.2) is 0 Å². The average molecular weight is 358 g/mol. The van der Waals surface area contributed by atoms with Gasteiger partial charge in [-0.1, -0.05) is 0 Å². The maximum atomic E-state index is 12.9. The van der Waals surface area contributed by atoms with E-state index in [-0.39, 0.29) is 17.4 Å². The summed E-state index contributed by atoms with van der Waals surface area (Å²) in [5, 5.41) is 0.924. The minimum atomic E-state index is -0.152. The van der Waals surface area contributed by atoms with Crippen molar-refractivity contribution in [3.05, 3.63) is 43.5 Å². The number of rotatable bonds is 2. The molecule has 0 saturated carbocycles. The molecule has 6 nitrogen and oxygen atoms in total. The van der Waals surface area contributed by atoms with Crippen LogP contribution in [0.1, 0.15) is 57.1 Å². The van der Waals surface area contributed by atoms with Gasteiger partial charge in [-0.25, -0.2) is 4.98 Å². The fraction of sp³-hybridized carbons (Fsp3) is 0.556. The van der Waals surface area contributed by atoms with E-state index in [1.165, 1.54) is 11.3 Å². The van der Waals surface area contributed by atoms with Crippen molar-refractivity contribution < 1.29 is 4.79 Å². The highest BCUT2D eigenvalue weighted by Gasteiger charge is 2.30. The number of hydrogen-bond acceptors (Lipinski definition) is 5. The molecule has 0 aliphatic carbocycles. The number of piperidine rings is 1. The third-order valence-electron chi connectivity index (χ3n) is 5.14. The van der Waals surface area contributed by atoms with Crippen LogP contribution in [0.25, 0.3) is 0 Å². The first-order chi connectivity index (χ1) is 12.0. The molecule has 4 heterocycles. The molecule has 2 aliphatic heterocycles.